The molecule has 5 nitrogen and oxygen atoms in total. The van der Waals surface area contributed by atoms with Gasteiger partial charge in [0.15, 0.2) is 0 Å². The highest BCUT2D eigenvalue weighted by atomic mass is 32.1. The third-order valence-corrected chi connectivity index (χ3v) is 2.11. The molecule has 26 heavy (non-hydrogen) atoms. The average molecular weight is 394 g/mol. The van der Waals surface area contributed by atoms with Crippen LogP contribution in [-0.2, 0) is 4.79 Å². The summed E-state index contributed by atoms with van der Waals surface area (Å²) in [5.74, 6) is -2.07. The molecule has 2 aromatic rings. The van der Waals surface area contributed by atoms with E-state index in [2.05, 4.69) is 12.6 Å². The molecule has 0 amide bonds. The zero-order valence-corrected chi connectivity index (χ0v) is 14.9. The van der Waals surface area contributed by atoms with E-state index in [9.17, 15) is 13.2 Å². The molecule has 0 aliphatic carbocycles. The standard InChI is InChI=1S/C7H8O.C6H6O.C2HF3O2.C2H6OS/c1-6-4-2-3-5-7(6)8;7-6-4-2-1-3-5-6;3-2(4,5)1(6)7;1-2(3)4/h2-5,8H,1H3;1-5,7H;(H,6,7);2-4H,1H3. The lowest BCUT2D eigenvalue weighted by atomic mass is 10.2. The molecule has 1 unspecified atom stereocenters. The average Bonchev–Trinajstić information content (AvgIpc) is 2.51. The molecule has 9 heteroatoms. The molecule has 0 aliphatic rings. The van der Waals surface area contributed by atoms with Gasteiger partial charge in [-0.1, -0.05) is 36.4 Å². The predicted octanol–water partition coefficient (Wildman–Crippen LogP) is 3.98. The second-order valence-corrected chi connectivity index (χ2v) is 5.30. The minimum absolute atomic E-state index is 0.322. The molecule has 0 fully saturated rings. The summed E-state index contributed by atoms with van der Waals surface area (Å²) in [7, 11) is 0. The smallest absolute Gasteiger partial charge is 0.490 e. The first-order valence-electron chi connectivity index (χ1n) is 7.02. The van der Waals surface area contributed by atoms with Gasteiger partial charge in [0.2, 0.25) is 0 Å². The number of aliphatic hydroxyl groups is 1. The Morgan fingerprint density at radius 1 is 1.00 bits per heavy atom. The number of aliphatic carboxylic acids is 1. The van der Waals surface area contributed by atoms with Crippen molar-refractivity contribution in [1.29, 1.82) is 0 Å². The number of hydrogen-bond donors (Lipinski definition) is 5. The van der Waals surface area contributed by atoms with E-state index in [1.54, 1.807) is 37.3 Å². The van der Waals surface area contributed by atoms with Crippen molar-refractivity contribution >= 4 is 18.6 Å². The van der Waals surface area contributed by atoms with Gasteiger partial charge in [0.1, 0.15) is 11.5 Å². The Morgan fingerprint density at radius 3 is 1.54 bits per heavy atom. The summed E-state index contributed by atoms with van der Waals surface area (Å²) in [6.07, 6.45) is -5.08. The molecule has 0 saturated carbocycles. The van der Waals surface area contributed by atoms with Crippen molar-refractivity contribution in [2.45, 2.75) is 25.5 Å². The third kappa shape index (κ3) is 18.0. The van der Waals surface area contributed by atoms with Crippen LogP contribution in [0.4, 0.5) is 13.2 Å². The summed E-state index contributed by atoms with van der Waals surface area (Å²) in [4.78, 5) is 8.90. The summed E-state index contributed by atoms with van der Waals surface area (Å²) >= 11 is 3.52. The van der Waals surface area contributed by atoms with Crippen molar-refractivity contribution in [3.8, 4) is 11.5 Å². The van der Waals surface area contributed by atoms with Crippen LogP contribution in [0.25, 0.3) is 0 Å². The topological polar surface area (TPSA) is 98.0 Å². The number of phenols is 2. The van der Waals surface area contributed by atoms with Gasteiger partial charge in [0, 0.05) is 0 Å². The second kappa shape index (κ2) is 13.9. The molecule has 0 spiro atoms. The number of phenolic OH excluding ortho intramolecular Hbond substituents is 2. The van der Waals surface area contributed by atoms with Crippen LogP contribution in [0.2, 0.25) is 0 Å². The van der Waals surface area contributed by atoms with Crippen LogP contribution in [0.15, 0.2) is 54.6 Å². The van der Waals surface area contributed by atoms with Gasteiger partial charge in [-0.05, 0) is 37.6 Å². The van der Waals surface area contributed by atoms with Crippen LogP contribution in [0.5, 0.6) is 11.5 Å². The molecule has 2 rings (SSSR count). The van der Waals surface area contributed by atoms with E-state index in [1.807, 2.05) is 31.2 Å². The van der Waals surface area contributed by atoms with Gasteiger partial charge in [-0.2, -0.15) is 13.2 Å². The molecule has 2 aromatic carbocycles. The minimum Gasteiger partial charge on any atom is -0.508 e. The number of carbonyl (C=O) groups is 1. The molecular weight excluding hydrogens is 373 g/mol. The van der Waals surface area contributed by atoms with Gasteiger partial charge in [-0.15, -0.1) is 12.6 Å². The monoisotopic (exact) mass is 394 g/mol. The molecule has 4 N–H and O–H groups in total. The van der Waals surface area contributed by atoms with Gasteiger partial charge in [-0.25, -0.2) is 4.79 Å². The number of aryl methyl sites for hydroxylation is 1. The Bertz CT molecular complexity index is 596. The fourth-order valence-corrected chi connectivity index (χ4v) is 0.991. The number of hydrogen-bond acceptors (Lipinski definition) is 5. The second-order valence-electron chi connectivity index (χ2n) is 4.56. The van der Waals surface area contributed by atoms with E-state index in [0.717, 1.165) is 5.56 Å². The molecule has 0 saturated heterocycles. The molecular formula is C17H21F3O5S. The number of halogens is 3. The largest absolute Gasteiger partial charge is 0.508 e. The van der Waals surface area contributed by atoms with Crippen LogP contribution in [-0.4, -0.2) is 38.0 Å². The quantitative estimate of drug-likeness (QED) is 0.344. The van der Waals surface area contributed by atoms with Gasteiger partial charge in [0.25, 0.3) is 0 Å². The van der Waals surface area contributed by atoms with Gasteiger partial charge < -0.3 is 20.4 Å². The molecule has 0 radical (unpaired) electrons. The number of rotatable bonds is 0. The Balaban J connectivity index is 0. The fraction of sp³-hybridized carbons (Fsp3) is 0.235. The van der Waals surface area contributed by atoms with Crippen molar-refractivity contribution in [3.05, 3.63) is 60.2 Å². The van der Waals surface area contributed by atoms with Crippen LogP contribution >= 0.6 is 12.6 Å². The van der Waals surface area contributed by atoms with E-state index in [-0.39, 0.29) is 0 Å². The summed E-state index contributed by atoms with van der Waals surface area (Å²) in [5.41, 5.74) is 0.451. The number of benzene rings is 2. The number of aliphatic hydroxyl groups excluding tert-OH is 1. The lowest BCUT2D eigenvalue weighted by Crippen LogP contribution is -2.21. The van der Waals surface area contributed by atoms with E-state index in [0.29, 0.717) is 11.5 Å². The number of para-hydroxylation sites is 2. The first kappa shape index (κ1) is 25.8. The Hall–Kier alpha value is -2.39. The maximum absolute atomic E-state index is 10.6. The first-order valence-corrected chi connectivity index (χ1v) is 7.54. The number of carboxylic acid groups (broad SMARTS) is 1. The van der Waals surface area contributed by atoms with Crippen LogP contribution in [0.1, 0.15) is 12.5 Å². The third-order valence-electron chi connectivity index (χ3n) is 2.11. The van der Waals surface area contributed by atoms with E-state index in [4.69, 9.17) is 25.2 Å². The van der Waals surface area contributed by atoms with Crippen molar-refractivity contribution in [2.24, 2.45) is 0 Å². The fourth-order valence-electron chi connectivity index (χ4n) is 0.991. The summed E-state index contributed by atoms with van der Waals surface area (Å²) in [6.45, 7) is 3.46. The highest BCUT2D eigenvalue weighted by Crippen LogP contribution is 2.13. The zero-order valence-electron chi connectivity index (χ0n) is 14.1. The van der Waals surface area contributed by atoms with Crippen molar-refractivity contribution in [1.82, 2.24) is 0 Å². The first-order chi connectivity index (χ1) is 11.9. The predicted molar refractivity (Wildman–Crippen MR) is 95.3 cm³/mol. The van der Waals surface area contributed by atoms with Gasteiger partial charge in [-0.3, -0.25) is 0 Å². The van der Waals surface area contributed by atoms with Crippen molar-refractivity contribution in [2.75, 3.05) is 0 Å². The highest BCUT2D eigenvalue weighted by molar-refractivity contribution is 7.80. The van der Waals surface area contributed by atoms with E-state index >= 15 is 0 Å². The van der Waals surface area contributed by atoms with Gasteiger partial charge in [0.05, 0.1) is 5.44 Å². The summed E-state index contributed by atoms with van der Waals surface area (Å²) in [5, 5.41) is 32.6. The molecule has 0 aliphatic heterocycles. The summed E-state index contributed by atoms with van der Waals surface area (Å²) < 4.78 is 31.7. The summed E-state index contributed by atoms with van der Waals surface area (Å²) in [6, 6.07) is 16.0. The SMILES string of the molecule is CC(O)S.Cc1ccccc1O.O=C(O)C(F)(F)F.Oc1ccccc1. The highest BCUT2D eigenvalue weighted by Gasteiger charge is 2.38. The minimum atomic E-state index is -5.08. The number of carboxylic acids is 1. The van der Waals surface area contributed by atoms with Crippen LogP contribution in [0, 0.1) is 6.92 Å². The lowest BCUT2D eigenvalue weighted by molar-refractivity contribution is -0.192. The van der Waals surface area contributed by atoms with E-state index in [1.165, 1.54) is 0 Å². The molecule has 1 atom stereocenters. The normalized spacial score (nSPS) is 10.6. The van der Waals surface area contributed by atoms with Crippen LogP contribution in [0.3, 0.4) is 0 Å². The zero-order chi connectivity index (χ0) is 20.8. The van der Waals surface area contributed by atoms with Gasteiger partial charge >= 0.3 is 12.1 Å². The van der Waals surface area contributed by atoms with E-state index < -0.39 is 17.6 Å². The van der Waals surface area contributed by atoms with Crippen molar-refractivity contribution in [3.63, 3.8) is 0 Å². The van der Waals surface area contributed by atoms with Crippen molar-refractivity contribution < 1.29 is 38.4 Å². The maximum Gasteiger partial charge on any atom is 0.490 e. The Labute approximate surface area is 154 Å². The lowest BCUT2D eigenvalue weighted by Gasteiger charge is -1.93. The Morgan fingerprint density at radius 2 is 1.35 bits per heavy atom. The Kier molecular flexibility index (Phi) is 13.8. The maximum atomic E-state index is 10.6. The molecule has 0 heterocycles. The molecule has 0 bridgehead atoms. The van der Waals surface area contributed by atoms with Crippen LogP contribution < -0.4 is 0 Å². The number of thiol groups is 1. The number of aromatic hydroxyl groups is 2. The molecule has 146 valence electrons. The molecule has 0 aromatic heterocycles. The number of alkyl halides is 3.